The van der Waals surface area contributed by atoms with Gasteiger partial charge in [0.05, 0.1) is 37.0 Å². The van der Waals surface area contributed by atoms with E-state index >= 15 is 0 Å². The first-order valence-corrected chi connectivity index (χ1v) is 10.7. The first-order valence-electron chi connectivity index (χ1n) is 9.85. The maximum absolute atomic E-state index is 12.9. The molecular formula is C23H29N3O3S. The SMILES string of the molecule is COc1cc(C)c(CN(C)C(=O)CN(C)[C@H](C)c2nc3ccccc3s2)cc1OC. The van der Waals surface area contributed by atoms with Crippen LogP contribution < -0.4 is 9.47 Å². The summed E-state index contributed by atoms with van der Waals surface area (Å²) < 4.78 is 11.9. The average molecular weight is 428 g/mol. The minimum atomic E-state index is 0.0552. The van der Waals surface area contributed by atoms with Crippen LogP contribution in [0, 0.1) is 6.92 Å². The van der Waals surface area contributed by atoms with Crippen LogP contribution >= 0.6 is 11.3 Å². The monoisotopic (exact) mass is 427 g/mol. The lowest BCUT2D eigenvalue weighted by atomic mass is 10.1. The van der Waals surface area contributed by atoms with Gasteiger partial charge in [-0.1, -0.05) is 12.1 Å². The highest BCUT2D eigenvalue weighted by Gasteiger charge is 2.21. The molecule has 1 heterocycles. The molecular weight excluding hydrogens is 398 g/mol. The molecule has 3 rings (SSSR count). The molecule has 0 spiro atoms. The van der Waals surface area contributed by atoms with E-state index in [1.807, 2.05) is 56.3 Å². The van der Waals surface area contributed by atoms with Crippen molar-refractivity contribution in [2.75, 3.05) is 34.9 Å². The van der Waals surface area contributed by atoms with E-state index in [9.17, 15) is 4.79 Å². The Kier molecular flexibility index (Phi) is 6.95. The Morgan fingerprint density at radius 3 is 2.47 bits per heavy atom. The van der Waals surface area contributed by atoms with E-state index in [0.717, 1.165) is 21.7 Å². The molecule has 1 amide bonds. The number of amides is 1. The van der Waals surface area contributed by atoms with Crippen molar-refractivity contribution in [3.63, 3.8) is 0 Å². The lowest BCUT2D eigenvalue weighted by molar-refractivity contribution is -0.131. The number of hydrogen-bond acceptors (Lipinski definition) is 6. The van der Waals surface area contributed by atoms with Crippen molar-refractivity contribution in [1.29, 1.82) is 0 Å². The van der Waals surface area contributed by atoms with Crippen molar-refractivity contribution in [2.45, 2.75) is 26.4 Å². The maximum Gasteiger partial charge on any atom is 0.236 e. The fourth-order valence-corrected chi connectivity index (χ4v) is 4.35. The third-order valence-electron chi connectivity index (χ3n) is 5.39. The summed E-state index contributed by atoms with van der Waals surface area (Å²) >= 11 is 1.68. The minimum Gasteiger partial charge on any atom is -0.493 e. The Bertz CT molecular complexity index is 1000. The number of nitrogens with zero attached hydrogens (tertiary/aromatic N) is 3. The van der Waals surface area contributed by atoms with Crippen molar-refractivity contribution in [3.05, 3.63) is 52.5 Å². The van der Waals surface area contributed by atoms with Crippen LogP contribution in [0.3, 0.4) is 0 Å². The molecule has 0 aliphatic heterocycles. The van der Waals surface area contributed by atoms with Gasteiger partial charge in [-0.25, -0.2) is 4.98 Å². The summed E-state index contributed by atoms with van der Waals surface area (Å²) in [6.07, 6.45) is 0. The lowest BCUT2D eigenvalue weighted by Crippen LogP contribution is -2.37. The molecule has 0 unspecified atom stereocenters. The molecule has 160 valence electrons. The number of rotatable bonds is 8. The van der Waals surface area contributed by atoms with E-state index in [1.165, 1.54) is 4.70 Å². The summed E-state index contributed by atoms with van der Waals surface area (Å²) in [7, 11) is 7.03. The second-order valence-corrected chi connectivity index (χ2v) is 8.56. The standard InChI is InChI=1S/C23H29N3O3S/c1-15-11-19(28-5)20(29-6)12-17(15)13-26(4)22(27)14-25(3)16(2)23-24-18-9-7-8-10-21(18)30-23/h7-12,16H,13-14H2,1-6H3/t16-/m1/s1. The van der Waals surface area contributed by atoms with Gasteiger partial charge < -0.3 is 14.4 Å². The summed E-state index contributed by atoms with van der Waals surface area (Å²) in [6.45, 7) is 4.93. The van der Waals surface area contributed by atoms with E-state index in [2.05, 4.69) is 13.0 Å². The Balaban J connectivity index is 1.66. The summed E-state index contributed by atoms with van der Waals surface area (Å²) in [5, 5.41) is 1.02. The molecule has 0 bridgehead atoms. The largest absolute Gasteiger partial charge is 0.493 e. The zero-order valence-electron chi connectivity index (χ0n) is 18.4. The highest BCUT2D eigenvalue weighted by molar-refractivity contribution is 7.18. The van der Waals surface area contributed by atoms with E-state index in [1.54, 1.807) is 30.5 Å². The van der Waals surface area contributed by atoms with Crippen LogP contribution in [0.25, 0.3) is 10.2 Å². The fourth-order valence-electron chi connectivity index (χ4n) is 3.27. The molecule has 1 aromatic heterocycles. The van der Waals surface area contributed by atoms with Gasteiger partial charge in [-0.2, -0.15) is 0 Å². The number of hydrogen-bond donors (Lipinski definition) is 0. The molecule has 0 radical (unpaired) electrons. The molecule has 0 fully saturated rings. The third kappa shape index (κ3) is 4.74. The van der Waals surface area contributed by atoms with Crippen molar-refractivity contribution >= 4 is 27.5 Å². The molecule has 0 saturated carbocycles. The number of para-hydroxylation sites is 1. The van der Waals surface area contributed by atoms with Crippen LogP contribution in [0.15, 0.2) is 36.4 Å². The Morgan fingerprint density at radius 1 is 1.13 bits per heavy atom. The van der Waals surface area contributed by atoms with Crippen LogP contribution in [-0.2, 0) is 11.3 Å². The number of fused-ring (bicyclic) bond motifs is 1. The van der Waals surface area contributed by atoms with Gasteiger partial charge in [0.25, 0.3) is 0 Å². The number of methoxy groups -OCH3 is 2. The van der Waals surface area contributed by atoms with Crippen LogP contribution in [0.1, 0.15) is 29.1 Å². The number of carbonyl (C=O) groups excluding carboxylic acids is 1. The van der Waals surface area contributed by atoms with Crippen molar-refractivity contribution in [1.82, 2.24) is 14.8 Å². The van der Waals surface area contributed by atoms with E-state index < -0.39 is 0 Å². The molecule has 0 N–H and O–H groups in total. The molecule has 2 aromatic carbocycles. The Morgan fingerprint density at radius 2 is 1.80 bits per heavy atom. The van der Waals surface area contributed by atoms with E-state index in [0.29, 0.717) is 24.6 Å². The normalized spacial score (nSPS) is 12.2. The molecule has 0 aliphatic rings. The second kappa shape index (κ2) is 9.45. The summed E-state index contributed by atoms with van der Waals surface area (Å²) in [5.41, 5.74) is 3.10. The van der Waals surface area contributed by atoms with Gasteiger partial charge in [0.1, 0.15) is 5.01 Å². The molecule has 7 heteroatoms. The topological polar surface area (TPSA) is 54.9 Å². The lowest BCUT2D eigenvalue weighted by Gasteiger charge is -2.26. The van der Waals surface area contributed by atoms with Gasteiger partial charge in [0.15, 0.2) is 11.5 Å². The van der Waals surface area contributed by atoms with Crippen LogP contribution in [0.5, 0.6) is 11.5 Å². The van der Waals surface area contributed by atoms with E-state index in [4.69, 9.17) is 14.5 Å². The number of benzene rings is 2. The Hall–Kier alpha value is -2.64. The highest BCUT2D eigenvalue weighted by atomic mass is 32.1. The Labute approximate surface area is 182 Å². The van der Waals surface area contributed by atoms with Gasteiger partial charge in [-0.05, 0) is 56.3 Å². The fraction of sp³-hybridized carbons (Fsp3) is 0.391. The van der Waals surface area contributed by atoms with Gasteiger partial charge in [0.2, 0.25) is 5.91 Å². The molecule has 1 atom stereocenters. The number of ether oxygens (including phenoxy) is 2. The first-order chi connectivity index (χ1) is 14.3. The smallest absolute Gasteiger partial charge is 0.236 e. The van der Waals surface area contributed by atoms with Crippen molar-refractivity contribution < 1.29 is 14.3 Å². The molecule has 3 aromatic rings. The summed E-state index contributed by atoms with van der Waals surface area (Å²) in [4.78, 5) is 21.4. The molecule has 30 heavy (non-hydrogen) atoms. The predicted molar refractivity (Wildman–Crippen MR) is 121 cm³/mol. The first kappa shape index (κ1) is 22.1. The predicted octanol–water partition coefficient (Wildman–Crippen LogP) is 4.27. The summed E-state index contributed by atoms with van der Waals surface area (Å²) in [5.74, 6) is 1.41. The number of carbonyl (C=O) groups is 1. The zero-order valence-corrected chi connectivity index (χ0v) is 19.2. The van der Waals surface area contributed by atoms with Crippen LogP contribution in [0.2, 0.25) is 0 Å². The molecule has 0 saturated heterocycles. The van der Waals surface area contributed by atoms with Crippen LogP contribution in [-0.4, -0.2) is 55.6 Å². The number of aromatic nitrogens is 1. The second-order valence-electron chi connectivity index (χ2n) is 7.49. The number of thiazole rings is 1. The number of likely N-dealkylation sites (N-methyl/N-ethyl adjacent to an activating group) is 2. The van der Waals surface area contributed by atoms with Crippen molar-refractivity contribution in [3.8, 4) is 11.5 Å². The maximum atomic E-state index is 12.9. The highest BCUT2D eigenvalue weighted by Crippen LogP contribution is 2.31. The molecule has 6 nitrogen and oxygen atoms in total. The van der Waals surface area contributed by atoms with E-state index in [-0.39, 0.29) is 11.9 Å². The van der Waals surface area contributed by atoms with Gasteiger partial charge in [-0.3, -0.25) is 9.69 Å². The average Bonchev–Trinajstić information content (AvgIpc) is 3.18. The van der Waals surface area contributed by atoms with Gasteiger partial charge in [0, 0.05) is 13.6 Å². The zero-order chi connectivity index (χ0) is 21.8. The van der Waals surface area contributed by atoms with Crippen molar-refractivity contribution in [2.24, 2.45) is 0 Å². The van der Waals surface area contributed by atoms with Crippen LogP contribution in [0.4, 0.5) is 0 Å². The quantitative estimate of drug-likeness (QED) is 0.537. The van der Waals surface area contributed by atoms with Gasteiger partial charge >= 0.3 is 0 Å². The summed E-state index contributed by atoms with van der Waals surface area (Å²) in [6, 6.07) is 12.0. The molecule has 0 aliphatic carbocycles. The number of aryl methyl sites for hydroxylation is 1. The van der Waals surface area contributed by atoms with Gasteiger partial charge in [-0.15, -0.1) is 11.3 Å². The third-order valence-corrected chi connectivity index (χ3v) is 6.60. The minimum absolute atomic E-state index is 0.0552.